The van der Waals surface area contributed by atoms with Gasteiger partial charge >= 0.3 is 0 Å². The van der Waals surface area contributed by atoms with Crippen molar-refractivity contribution < 1.29 is 9.53 Å². The highest BCUT2D eigenvalue weighted by atomic mass is 32.2. The number of carbonyl (C=O) groups is 1. The van der Waals surface area contributed by atoms with Crippen LogP contribution in [-0.2, 0) is 0 Å². The molecular weight excluding hydrogens is 258 g/mol. The van der Waals surface area contributed by atoms with Crippen molar-refractivity contribution in [2.45, 2.75) is 31.7 Å². The van der Waals surface area contributed by atoms with Gasteiger partial charge in [0.2, 0.25) is 0 Å². The van der Waals surface area contributed by atoms with Gasteiger partial charge in [0.1, 0.15) is 5.75 Å². The Balaban J connectivity index is 2.48. The topological polar surface area (TPSA) is 38.3 Å². The lowest BCUT2D eigenvalue weighted by molar-refractivity contribution is 0.260. The molecule has 1 unspecified atom stereocenters. The van der Waals surface area contributed by atoms with Crippen LogP contribution in [0.1, 0.15) is 20.8 Å². The van der Waals surface area contributed by atoms with Crippen molar-refractivity contribution in [2.24, 2.45) is 5.92 Å². The molecule has 0 heterocycles. The van der Waals surface area contributed by atoms with Crippen LogP contribution in [0, 0.1) is 18.3 Å². The molecule has 1 N–H and O–H groups in total. The molecule has 0 radical (unpaired) electrons. The molecular formula is C15H19NO2S. The van der Waals surface area contributed by atoms with Crippen LogP contribution in [0.4, 0.5) is 4.79 Å². The second kappa shape index (κ2) is 7.75. The summed E-state index contributed by atoms with van der Waals surface area (Å²) in [6.07, 6.45) is 5.20. The molecule has 0 aliphatic rings. The third kappa shape index (κ3) is 6.21. The van der Waals surface area contributed by atoms with E-state index in [2.05, 4.69) is 25.1 Å². The van der Waals surface area contributed by atoms with Crippen LogP contribution in [0.25, 0.3) is 0 Å². The first-order valence-corrected chi connectivity index (χ1v) is 7.00. The quantitative estimate of drug-likeness (QED) is 0.661. The van der Waals surface area contributed by atoms with Crippen LogP contribution >= 0.6 is 11.8 Å². The zero-order valence-electron chi connectivity index (χ0n) is 11.5. The second-order valence-electron chi connectivity index (χ2n) is 4.60. The Bertz CT molecular complexity index is 448. The third-order valence-corrected chi connectivity index (χ3v) is 3.01. The van der Waals surface area contributed by atoms with Crippen molar-refractivity contribution in [3.8, 4) is 18.1 Å². The van der Waals surface area contributed by atoms with Crippen LogP contribution in [0.3, 0.4) is 0 Å². The van der Waals surface area contributed by atoms with Gasteiger partial charge < -0.3 is 10.1 Å². The molecule has 1 amide bonds. The first-order valence-electron chi connectivity index (χ1n) is 6.18. The molecule has 1 rings (SSSR count). The van der Waals surface area contributed by atoms with E-state index in [0.717, 1.165) is 22.4 Å². The van der Waals surface area contributed by atoms with E-state index < -0.39 is 0 Å². The van der Waals surface area contributed by atoms with E-state index in [-0.39, 0.29) is 11.3 Å². The fourth-order valence-electron chi connectivity index (χ4n) is 1.22. The number of rotatable bonds is 5. The van der Waals surface area contributed by atoms with Crippen molar-refractivity contribution in [3.63, 3.8) is 0 Å². The number of hydrogen-bond acceptors (Lipinski definition) is 3. The van der Waals surface area contributed by atoms with Gasteiger partial charge in [-0.1, -0.05) is 19.8 Å². The van der Waals surface area contributed by atoms with Gasteiger partial charge in [0.05, 0.1) is 12.6 Å². The number of hydrogen-bond donors (Lipinski definition) is 1. The maximum Gasteiger partial charge on any atom is 0.284 e. The van der Waals surface area contributed by atoms with Crippen LogP contribution in [-0.4, -0.2) is 17.9 Å². The molecule has 4 heteroatoms. The molecule has 0 saturated carbocycles. The zero-order chi connectivity index (χ0) is 14.3. The predicted octanol–water partition coefficient (Wildman–Crippen LogP) is 3.54. The van der Waals surface area contributed by atoms with Gasteiger partial charge in [0, 0.05) is 4.90 Å². The normalized spacial score (nSPS) is 11.7. The van der Waals surface area contributed by atoms with E-state index in [1.807, 2.05) is 24.3 Å². The maximum absolute atomic E-state index is 11.6. The summed E-state index contributed by atoms with van der Waals surface area (Å²) in [6, 6.07) is 7.19. The minimum atomic E-state index is -0.256. The molecule has 3 nitrogen and oxygen atoms in total. The third-order valence-electron chi connectivity index (χ3n) is 2.20. The van der Waals surface area contributed by atoms with Gasteiger partial charge in [0.15, 0.2) is 0 Å². The van der Waals surface area contributed by atoms with E-state index in [0.29, 0.717) is 12.5 Å². The van der Waals surface area contributed by atoms with Gasteiger partial charge in [-0.25, -0.2) is 0 Å². The molecule has 0 spiro atoms. The van der Waals surface area contributed by atoms with Gasteiger partial charge in [-0.15, -0.1) is 6.42 Å². The lowest BCUT2D eigenvalue weighted by atomic mass is 10.2. The lowest BCUT2D eigenvalue weighted by Crippen LogP contribution is -2.27. The van der Waals surface area contributed by atoms with Crippen LogP contribution < -0.4 is 10.1 Å². The van der Waals surface area contributed by atoms with E-state index in [1.165, 1.54) is 0 Å². The first kappa shape index (κ1) is 15.5. The molecule has 19 heavy (non-hydrogen) atoms. The summed E-state index contributed by atoms with van der Waals surface area (Å²) in [5.41, 5.74) is 0. The van der Waals surface area contributed by atoms with Gasteiger partial charge in [-0.3, -0.25) is 4.79 Å². The highest BCUT2D eigenvalue weighted by Gasteiger charge is 2.07. The SMILES string of the molecule is C#CC(C)NC(=O)Sc1ccc(OCC(C)C)cc1. The zero-order valence-corrected chi connectivity index (χ0v) is 12.3. The molecule has 102 valence electrons. The molecule has 1 aromatic rings. The Morgan fingerprint density at radius 2 is 2.00 bits per heavy atom. The van der Waals surface area contributed by atoms with Crippen LogP contribution in [0.15, 0.2) is 29.2 Å². The van der Waals surface area contributed by atoms with Crippen molar-refractivity contribution >= 4 is 17.0 Å². The predicted molar refractivity (Wildman–Crippen MR) is 79.5 cm³/mol. The van der Waals surface area contributed by atoms with Crippen molar-refractivity contribution in [1.82, 2.24) is 5.32 Å². The van der Waals surface area contributed by atoms with Crippen molar-refractivity contribution in [3.05, 3.63) is 24.3 Å². The maximum atomic E-state index is 11.6. The van der Waals surface area contributed by atoms with Crippen LogP contribution in [0.5, 0.6) is 5.75 Å². The number of benzene rings is 1. The molecule has 0 aliphatic heterocycles. The standard InChI is InChI=1S/C15H19NO2S/c1-5-12(4)16-15(17)19-14-8-6-13(7-9-14)18-10-11(2)3/h1,6-9,11-12H,10H2,2-4H3,(H,16,17). The fourth-order valence-corrected chi connectivity index (χ4v) is 1.94. The average Bonchev–Trinajstić information content (AvgIpc) is 2.37. The summed E-state index contributed by atoms with van der Waals surface area (Å²) in [5, 5.41) is 2.54. The molecule has 0 aliphatic carbocycles. The summed E-state index contributed by atoms with van der Waals surface area (Å²) in [7, 11) is 0. The Hall–Kier alpha value is -1.60. The number of ether oxygens (including phenoxy) is 1. The Morgan fingerprint density at radius 3 is 2.53 bits per heavy atom. The Morgan fingerprint density at radius 1 is 1.37 bits per heavy atom. The molecule has 1 atom stereocenters. The molecule has 0 bridgehead atoms. The number of carbonyl (C=O) groups excluding carboxylic acids is 1. The van der Waals surface area contributed by atoms with Crippen LogP contribution in [0.2, 0.25) is 0 Å². The van der Waals surface area contributed by atoms with E-state index in [4.69, 9.17) is 11.2 Å². The summed E-state index contributed by atoms with van der Waals surface area (Å²) in [5.74, 6) is 3.76. The summed E-state index contributed by atoms with van der Waals surface area (Å²) < 4.78 is 5.57. The van der Waals surface area contributed by atoms with Crippen molar-refractivity contribution in [2.75, 3.05) is 6.61 Å². The summed E-state index contributed by atoms with van der Waals surface area (Å²) in [4.78, 5) is 12.5. The van der Waals surface area contributed by atoms with Gasteiger partial charge in [-0.05, 0) is 48.9 Å². The van der Waals surface area contributed by atoms with Gasteiger partial charge in [0.25, 0.3) is 5.24 Å². The number of amides is 1. The highest BCUT2D eigenvalue weighted by molar-refractivity contribution is 8.13. The van der Waals surface area contributed by atoms with E-state index >= 15 is 0 Å². The fraction of sp³-hybridized carbons (Fsp3) is 0.400. The monoisotopic (exact) mass is 277 g/mol. The molecule has 0 aromatic heterocycles. The number of nitrogens with one attached hydrogen (secondary N) is 1. The number of terminal acetylenes is 1. The Kier molecular flexibility index (Phi) is 6.31. The number of thioether (sulfide) groups is 1. The lowest BCUT2D eigenvalue weighted by Gasteiger charge is -2.09. The minimum absolute atomic E-state index is 0.152. The Labute approximate surface area is 119 Å². The largest absolute Gasteiger partial charge is 0.493 e. The smallest absolute Gasteiger partial charge is 0.284 e. The highest BCUT2D eigenvalue weighted by Crippen LogP contribution is 2.22. The summed E-state index contributed by atoms with van der Waals surface area (Å²) in [6.45, 7) is 6.65. The molecule has 0 fully saturated rings. The van der Waals surface area contributed by atoms with E-state index in [1.54, 1.807) is 6.92 Å². The molecule has 1 aromatic carbocycles. The average molecular weight is 277 g/mol. The van der Waals surface area contributed by atoms with Gasteiger partial charge in [-0.2, -0.15) is 0 Å². The minimum Gasteiger partial charge on any atom is -0.493 e. The van der Waals surface area contributed by atoms with Crippen molar-refractivity contribution in [1.29, 1.82) is 0 Å². The molecule has 0 saturated heterocycles. The second-order valence-corrected chi connectivity index (χ2v) is 5.64. The summed E-state index contributed by atoms with van der Waals surface area (Å²) >= 11 is 1.12. The van der Waals surface area contributed by atoms with E-state index in [9.17, 15) is 4.79 Å². The first-order chi connectivity index (χ1) is 9.01.